The summed E-state index contributed by atoms with van der Waals surface area (Å²) in [6, 6.07) is 7.61. The van der Waals surface area contributed by atoms with E-state index in [2.05, 4.69) is 10.3 Å². The summed E-state index contributed by atoms with van der Waals surface area (Å²) >= 11 is 1.35. The molecule has 3 aromatic rings. The number of hydrogen-bond acceptors (Lipinski definition) is 6. The molecule has 5 rings (SSSR count). The Labute approximate surface area is 164 Å². The Morgan fingerprint density at radius 2 is 1.89 bits per heavy atom. The van der Waals surface area contributed by atoms with Crippen molar-refractivity contribution in [2.45, 2.75) is 19.8 Å². The van der Waals surface area contributed by atoms with E-state index < -0.39 is 0 Å². The second-order valence-electron chi connectivity index (χ2n) is 6.77. The predicted octanol–water partition coefficient (Wildman–Crippen LogP) is 4.10. The summed E-state index contributed by atoms with van der Waals surface area (Å²) < 4.78 is 10.8. The van der Waals surface area contributed by atoms with Crippen molar-refractivity contribution in [3.63, 3.8) is 0 Å². The van der Waals surface area contributed by atoms with Gasteiger partial charge in [0.25, 0.3) is 5.91 Å². The van der Waals surface area contributed by atoms with E-state index in [1.165, 1.54) is 11.3 Å². The van der Waals surface area contributed by atoms with Crippen molar-refractivity contribution in [1.29, 1.82) is 0 Å². The smallest absolute Gasteiger partial charge is 0.265 e. The lowest BCUT2D eigenvalue weighted by atomic mass is 10.00. The fourth-order valence-corrected chi connectivity index (χ4v) is 4.32. The Hall–Kier alpha value is -3.19. The highest BCUT2D eigenvalue weighted by atomic mass is 32.1. The molecule has 1 aromatic carbocycles. The van der Waals surface area contributed by atoms with Crippen LogP contribution in [0.3, 0.4) is 0 Å². The molecule has 1 amide bonds. The fraction of sp³-hybridized carbons (Fsp3) is 0.190. The Balaban J connectivity index is 1.43. The molecule has 0 spiro atoms. The minimum Gasteiger partial charge on any atom is -0.454 e. The van der Waals surface area contributed by atoms with E-state index in [0.29, 0.717) is 29.2 Å². The van der Waals surface area contributed by atoms with E-state index in [1.807, 2.05) is 36.4 Å². The minimum absolute atomic E-state index is 0.0393. The second-order valence-corrected chi connectivity index (χ2v) is 7.80. The number of aromatic nitrogens is 1. The molecule has 0 unspecified atom stereocenters. The highest BCUT2D eigenvalue weighted by Crippen LogP contribution is 2.37. The monoisotopic (exact) mass is 392 g/mol. The largest absolute Gasteiger partial charge is 0.454 e. The highest BCUT2D eigenvalue weighted by Gasteiger charge is 2.18. The second kappa shape index (κ2) is 6.45. The van der Waals surface area contributed by atoms with Gasteiger partial charge in [0.2, 0.25) is 6.79 Å². The number of Topliss-reactive ketones (excluding diaryl/α,β-unsaturated/α-hetero) is 1. The fourth-order valence-electron chi connectivity index (χ4n) is 3.40. The summed E-state index contributed by atoms with van der Waals surface area (Å²) in [5.74, 6) is 1.25. The number of thiophene rings is 1. The van der Waals surface area contributed by atoms with Gasteiger partial charge in [0, 0.05) is 29.0 Å². The van der Waals surface area contributed by atoms with Crippen LogP contribution in [0.4, 0.5) is 0 Å². The van der Waals surface area contributed by atoms with Gasteiger partial charge in [-0.1, -0.05) is 12.2 Å². The number of benzene rings is 1. The lowest BCUT2D eigenvalue weighted by molar-refractivity contribution is -0.113. The summed E-state index contributed by atoms with van der Waals surface area (Å²) in [6.07, 6.45) is 4.95. The molecular formula is C21H16N2O4S. The number of carbonyl (C=O) groups is 2. The summed E-state index contributed by atoms with van der Waals surface area (Å²) in [7, 11) is 0. The lowest BCUT2D eigenvalue weighted by Gasteiger charge is -2.14. The van der Waals surface area contributed by atoms with Crippen molar-refractivity contribution < 1.29 is 19.1 Å². The van der Waals surface area contributed by atoms with Gasteiger partial charge in [0.05, 0.1) is 10.4 Å². The molecule has 0 fully saturated rings. The molecule has 28 heavy (non-hydrogen) atoms. The molecule has 0 atom stereocenters. The minimum atomic E-state index is -0.183. The van der Waals surface area contributed by atoms with Crippen molar-refractivity contribution in [2.24, 2.45) is 0 Å². The van der Waals surface area contributed by atoms with E-state index in [1.54, 1.807) is 6.92 Å². The zero-order valence-corrected chi connectivity index (χ0v) is 15.9. The maximum absolute atomic E-state index is 12.7. The van der Waals surface area contributed by atoms with Crippen LogP contribution in [0.1, 0.15) is 29.4 Å². The standard InChI is InChI=1S/C21H16N2O4S/c1-11(24)12-3-2-4-15(6-12)22-20(25)19-8-14-5-13-7-17-18(27-10-26-17)9-16(13)23-21(14)28-19/h3-5,7-9H,2,6,10H2,1H3,(H,22,25). The number of ether oxygens (including phenoxy) is 2. The summed E-state index contributed by atoms with van der Waals surface area (Å²) in [5.41, 5.74) is 2.30. The van der Waals surface area contributed by atoms with Crippen LogP contribution in [0.2, 0.25) is 0 Å². The van der Waals surface area contributed by atoms with Crippen LogP contribution < -0.4 is 14.8 Å². The number of rotatable bonds is 3. The molecule has 1 aliphatic carbocycles. The molecule has 0 saturated heterocycles. The molecule has 0 radical (unpaired) electrons. The number of fused-ring (bicyclic) bond motifs is 3. The Kier molecular flexibility index (Phi) is 3.91. The van der Waals surface area contributed by atoms with E-state index >= 15 is 0 Å². The van der Waals surface area contributed by atoms with Gasteiger partial charge in [-0.05, 0) is 37.1 Å². The molecule has 6 nitrogen and oxygen atoms in total. The lowest BCUT2D eigenvalue weighted by Crippen LogP contribution is -2.23. The first-order valence-electron chi connectivity index (χ1n) is 8.91. The SMILES string of the molecule is CC(=O)C1=CCC=C(NC(=O)c2cc3cc4cc5c(cc4nc3s2)OCO5)C1. The quantitative estimate of drug-likeness (QED) is 0.726. The van der Waals surface area contributed by atoms with Crippen molar-refractivity contribution in [1.82, 2.24) is 10.3 Å². The first-order valence-corrected chi connectivity index (χ1v) is 9.73. The summed E-state index contributed by atoms with van der Waals surface area (Å²) in [5, 5.41) is 4.77. The average Bonchev–Trinajstić information content (AvgIpc) is 3.30. The van der Waals surface area contributed by atoms with Gasteiger partial charge < -0.3 is 14.8 Å². The first-order chi connectivity index (χ1) is 13.6. The van der Waals surface area contributed by atoms with Crippen LogP contribution >= 0.6 is 11.3 Å². The normalized spacial score (nSPS) is 15.5. The van der Waals surface area contributed by atoms with E-state index in [0.717, 1.165) is 32.4 Å². The molecule has 1 aliphatic heterocycles. The molecule has 2 aromatic heterocycles. The van der Waals surface area contributed by atoms with Crippen LogP contribution in [-0.4, -0.2) is 23.5 Å². The zero-order chi connectivity index (χ0) is 19.3. The van der Waals surface area contributed by atoms with E-state index in [9.17, 15) is 9.59 Å². The van der Waals surface area contributed by atoms with Gasteiger partial charge in [-0.3, -0.25) is 9.59 Å². The van der Waals surface area contributed by atoms with Crippen LogP contribution in [0.5, 0.6) is 11.5 Å². The van der Waals surface area contributed by atoms with Crippen LogP contribution in [0.25, 0.3) is 21.1 Å². The topological polar surface area (TPSA) is 77.5 Å². The van der Waals surface area contributed by atoms with Crippen molar-refractivity contribution in [3.05, 3.63) is 52.6 Å². The van der Waals surface area contributed by atoms with E-state index in [4.69, 9.17) is 9.47 Å². The zero-order valence-electron chi connectivity index (χ0n) is 15.1. The third-order valence-corrected chi connectivity index (χ3v) is 5.90. The number of nitrogens with one attached hydrogen (secondary N) is 1. The Bertz CT molecular complexity index is 1160. The average molecular weight is 392 g/mol. The van der Waals surface area contributed by atoms with Crippen LogP contribution in [0, 0.1) is 0 Å². The molecule has 0 saturated carbocycles. The van der Waals surface area contributed by atoms with Gasteiger partial charge in [-0.2, -0.15) is 0 Å². The number of hydrogen-bond donors (Lipinski definition) is 1. The molecule has 0 bridgehead atoms. The molecule has 3 heterocycles. The summed E-state index contributed by atoms with van der Waals surface area (Å²) in [4.78, 5) is 30.3. The van der Waals surface area contributed by atoms with Gasteiger partial charge in [0.15, 0.2) is 17.3 Å². The Morgan fingerprint density at radius 3 is 2.71 bits per heavy atom. The van der Waals surface area contributed by atoms with Gasteiger partial charge in [-0.25, -0.2) is 4.98 Å². The van der Waals surface area contributed by atoms with Gasteiger partial charge in [0.1, 0.15) is 4.83 Å². The summed E-state index contributed by atoms with van der Waals surface area (Å²) in [6.45, 7) is 1.77. The molecule has 2 aliphatic rings. The van der Waals surface area contributed by atoms with Crippen molar-refractivity contribution in [3.8, 4) is 11.5 Å². The maximum atomic E-state index is 12.7. The molecule has 140 valence electrons. The van der Waals surface area contributed by atoms with Crippen molar-refractivity contribution in [2.75, 3.05) is 6.79 Å². The van der Waals surface area contributed by atoms with Crippen LogP contribution in [-0.2, 0) is 4.79 Å². The molecular weight excluding hydrogens is 376 g/mol. The van der Waals surface area contributed by atoms with E-state index in [-0.39, 0.29) is 18.5 Å². The maximum Gasteiger partial charge on any atom is 0.265 e. The first kappa shape index (κ1) is 16.9. The van der Waals surface area contributed by atoms with Gasteiger partial charge in [-0.15, -0.1) is 11.3 Å². The molecule has 1 N–H and O–H groups in total. The third kappa shape index (κ3) is 2.93. The molecule has 7 heteroatoms. The number of ketones is 1. The predicted molar refractivity (Wildman–Crippen MR) is 107 cm³/mol. The number of carbonyl (C=O) groups excluding carboxylic acids is 2. The van der Waals surface area contributed by atoms with Crippen molar-refractivity contribution >= 4 is 44.1 Å². The number of allylic oxidation sites excluding steroid dienone is 3. The van der Waals surface area contributed by atoms with Crippen LogP contribution in [0.15, 0.2) is 47.7 Å². The number of pyridine rings is 1. The Morgan fingerprint density at radius 1 is 1.07 bits per heavy atom. The number of amides is 1. The third-order valence-electron chi connectivity index (χ3n) is 4.85. The number of nitrogens with zero attached hydrogens (tertiary/aromatic N) is 1. The van der Waals surface area contributed by atoms with Gasteiger partial charge >= 0.3 is 0 Å². The highest BCUT2D eigenvalue weighted by molar-refractivity contribution is 7.20.